The van der Waals surface area contributed by atoms with Crippen LogP contribution in [0.1, 0.15) is 13.8 Å². The summed E-state index contributed by atoms with van der Waals surface area (Å²) >= 11 is 3.25. The van der Waals surface area contributed by atoms with Gasteiger partial charge in [0.2, 0.25) is 5.95 Å². The predicted octanol–water partition coefficient (Wildman–Crippen LogP) is 3.30. The lowest BCUT2D eigenvalue weighted by Crippen LogP contribution is -2.07. The maximum atomic E-state index is 13.5. The van der Waals surface area contributed by atoms with Gasteiger partial charge in [0.1, 0.15) is 5.82 Å². The quantitative estimate of drug-likeness (QED) is 0.942. The summed E-state index contributed by atoms with van der Waals surface area (Å²) in [5.74, 6) is 1.05. The van der Waals surface area contributed by atoms with Crippen molar-refractivity contribution in [2.24, 2.45) is 0 Å². The van der Waals surface area contributed by atoms with Crippen molar-refractivity contribution in [1.82, 2.24) is 14.8 Å². The molecule has 4 nitrogen and oxygen atoms in total. The highest BCUT2D eigenvalue weighted by Crippen LogP contribution is 2.30. The van der Waals surface area contributed by atoms with Crippen molar-refractivity contribution in [3.63, 3.8) is 0 Å². The second-order valence-corrected chi connectivity index (χ2v) is 4.52. The summed E-state index contributed by atoms with van der Waals surface area (Å²) in [5, 5.41) is 11.3. The summed E-state index contributed by atoms with van der Waals surface area (Å²) in [6.07, 6.45) is 0. The molecule has 0 amide bonds. The zero-order valence-corrected chi connectivity index (χ0v) is 11.8. The van der Waals surface area contributed by atoms with Crippen LogP contribution in [0.2, 0.25) is 0 Å². The maximum Gasteiger partial charge on any atom is 0.224 e. The van der Waals surface area contributed by atoms with Crippen LogP contribution in [0.5, 0.6) is 0 Å². The molecular weight excluding hydrogens is 299 g/mol. The van der Waals surface area contributed by atoms with Crippen LogP contribution >= 0.6 is 15.9 Å². The molecule has 96 valence electrons. The number of halogens is 2. The van der Waals surface area contributed by atoms with E-state index in [1.807, 2.05) is 24.5 Å². The first-order valence-electron chi connectivity index (χ1n) is 5.80. The molecule has 1 N–H and O–H groups in total. The fourth-order valence-corrected chi connectivity index (χ4v) is 2.21. The predicted molar refractivity (Wildman–Crippen MR) is 73.0 cm³/mol. The molecular formula is C12H14BrFN4. The highest BCUT2D eigenvalue weighted by molar-refractivity contribution is 9.10. The van der Waals surface area contributed by atoms with Gasteiger partial charge in [-0.15, -0.1) is 10.2 Å². The van der Waals surface area contributed by atoms with Crippen molar-refractivity contribution < 1.29 is 4.39 Å². The molecule has 1 aromatic carbocycles. The SMILES string of the molecule is CCNc1nnc(-c2cccc(F)c2Br)n1CC. The molecule has 1 aromatic heterocycles. The average Bonchev–Trinajstić information content (AvgIpc) is 2.76. The minimum absolute atomic E-state index is 0.303. The van der Waals surface area contributed by atoms with Crippen molar-refractivity contribution in [3.05, 3.63) is 28.5 Å². The zero-order chi connectivity index (χ0) is 13.1. The Kier molecular flexibility index (Phi) is 3.96. The molecule has 0 aliphatic carbocycles. The van der Waals surface area contributed by atoms with Gasteiger partial charge < -0.3 is 5.32 Å². The molecule has 6 heteroatoms. The van der Waals surface area contributed by atoms with Crippen molar-refractivity contribution in [3.8, 4) is 11.4 Å². The minimum atomic E-state index is -0.303. The topological polar surface area (TPSA) is 42.7 Å². The van der Waals surface area contributed by atoms with Gasteiger partial charge in [-0.25, -0.2) is 4.39 Å². The smallest absolute Gasteiger partial charge is 0.224 e. The van der Waals surface area contributed by atoms with E-state index < -0.39 is 0 Å². The Morgan fingerprint density at radius 2 is 2.11 bits per heavy atom. The molecule has 18 heavy (non-hydrogen) atoms. The van der Waals surface area contributed by atoms with Gasteiger partial charge >= 0.3 is 0 Å². The molecule has 0 fully saturated rings. The van der Waals surface area contributed by atoms with E-state index in [0.29, 0.717) is 28.4 Å². The Hall–Kier alpha value is -1.43. The molecule has 0 saturated carbocycles. The van der Waals surface area contributed by atoms with E-state index in [2.05, 4.69) is 31.4 Å². The van der Waals surface area contributed by atoms with Crippen LogP contribution in [0.15, 0.2) is 22.7 Å². The van der Waals surface area contributed by atoms with Crippen LogP contribution in [-0.2, 0) is 6.54 Å². The first-order chi connectivity index (χ1) is 8.69. The lowest BCUT2D eigenvalue weighted by atomic mass is 10.2. The van der Waals surface area contributed by atoms with Crippen LogP contribution in [0.25, 0.3) is 11.4 Å². The van der Waals surface area contributed by atoms with E-state index >= 15 is 0 Å². The zero-order valence-electron chi connectivity index (χ0n) is 10.2. The third-order valence-electron chi connectivity index (χ3n) is 2.59. The third-order valence-corrected chi connectivity index (χ3v) is 3.40. The first-order valence-corrected chi connectivity index (χ1v) is 6.59. The van der Waals surface area contributed by atoms with Gasteiger partial charge in [0.25, 0.3) is 0 Å². The Bertz CT molecular complexity index is 553. The average molecular weight is 313 g/mol. The van der Waals surface area contributed by atoms with Gasteiger partial charge in [0, 0.05) is 18.7 Å². The van der Waals surface area contributed by atoms with Gasteiger partial charge in [-0.05, 0) is 41.9 Å². The van der Waals surface area contributed by atoms with Gasteiger partial charge in [0.15, 0.2) is 5.82 Å². The Balaban J connectivity index is 2.53. The van der Waals surface area contributed by atoms with Gasteiger partial charge in [-0.1, -0.05) is 6.07 Å². The van der Waals surface area contributed by atoms with E-state index in [-0.39, 0.29) is 5.82 Å². The molecule has 1 heterocycles. The molecule has 0 radical (unpaired) electrons. The molecule has 0 aliphatic rings. The molecule has 2 aromatic rings. The van der Waals surface area contributed by atoms with E-state index in [9.17, 15) is 4.39 Å². The molecule has 0 spiro atoms. The van der Waals surface area contributed by atoms with E-state index in [1.54, 1.807) is 6.07 Å². The van der Waals surface area contributed by atoms with Crippen LogP contribution in [0.4, 0.5) is 10.3 Å². The fourth-order valence-electron chi connectivity index (χ4n) is 1.77. The van der Waals surface area contributed by atoms with Crippen LogP contribution < -0.4 is 5.32 Å². The second kappa shape index (κ2) is 5.48. The highest BCUT2D eigenvalue weighted by atomic mass is 79.9. The Labute approximate surface area is 113 Å². The normalized spacial score (nSPS) is 10.7. The van der Waals surface area contributed by atoms with E-state index in [4.69, 9.17) is 0 Å². The highest BCUT2D eigenvalue weighted by Gasteiger charge is 2.16. The first kappa shape index (κ1) is 13.0. The summed E-state index contributed by atoms with van der Waals surface area (Å²) in [6.45, 7) is 5.48. The standard InChI is InChI=1S/C12H14BrFN4/c1-3-15-12-17-16-11(18(12)4-2)8-6-5-7-9(14)10(8)13/h5-7H,3-4H2,1-2H3,(H,15,17). The van der Waals surface area contributed by atoms with E-state index in [0.717, 1.165) is 6.54 Å². The number of nitrogens with zero attached hydrogens (tertiary/aromatic N) is 3. The van der Waals surface area contributed by atoms with Crippen molar-refractivity contribution in [2.75, 3.05) is 11.9 Å². The number of nitrogens with one attached hydrogen (secondary N) is 1. The molecule has 0 saturated heterocycles. The number of anilines is 1. The summed E-state index contributed by atoms with van der Waals surface area (Å²) < 4.78 is 15.9. The lowest BCUT2D eigenvalue weighted by Gasteiger charge is -2.09. The Morgan fingerprint density at radius 3 is 2.78 bits per heavy atom. The van der Waals surface area contributed by atoms with Crippen molar-refractivity contribution >= 4 is 21.9 Å². The fraction of sp³-hybridized carbons (Fsp3) is 0.333. The number of hydrogen-bond donors (Lipinski definition) is 1. The van der Waals surface area contributed by atoms with Gasteiger partial charge in [-0.3, -0.25) is 4.57 Å². The molecule has 2 rings (SSSR count). The van der Waals surface area contributed by atoms with Gasteiger partial charge in [0.05, 0.1) is 4.47 Å². The lowest BCUT2D eigenvalue weighted by molar-refractivity contribution is 0.621. The molecule has 0 atom stereocenters. The van der Waals surface area contributed by atoms with Crippen LogP contribution in [-0.4, -0.2) is 21.3 Å². The summed E-state index contributed by atoms with van der Waals surface area (Å²) in [7, 11) is 0. The molecule has 0 unspecified atom stereocenters. The summed E-state index contributed by atoms with van der Waals surface area (Å²) in [5.41, 5.74) is 0.702. The maximum absolute atomic E-state index is 13.5. The van der Waals surface area contributed by atoms with Crippen molar-refractivity contribution in [1.29, 1.82) is 0 Å². The van der Waals surface area contributed by atoms with Crippen molar-refractivity contribution in [2.45, 2.75) is 20.4 Å². The number of rotatable bonds is 4. The Morgan fingerprint density at radius 1 is 1.33 bits per heavy atom. The van der Waals surface area contributed by atoms with Crippen LogP contribution in [0.3, 0.4) is 0 Å². The number of aromatic nitrogens is 3. The van der Waals surface area contributed by atoms with Crippen LogP contribution in [0, 0.1) is 5.82 Å². The largest absolute Gasteiger partial charge is 0.355 e. The third kappa shape index (κ3) is 2.25. The minimum Gasteiger partial charge on any atom is -0.355 e. The van der Waals surface area contributed by atoms with E-state index in [1.165, 1.54) is 6.07 Å². The second-order valence-electron chi connectivity index (χ2n) is 3.72. The number of benzene rings is 1. The summed E-state index contributed by atoms with van der Waals surface area (Å²) in [4.78, 5) is 0. The number of hydrogen-bond acceptors (Lipinski definition) is 3. The summed E-state index contributed by atoms with van der Waals surface area (Å²) in [6, 6.07) is 4.89. The molecule has 0 aliphatic heterocycles. The van der Waals surface area contributed by atoms with Gasteiger partial charge in [-0.2, -0.15) is 0 Å². The monoisotopic (exact) mass is 312 g/mol. The molecule has 0 bridgehead atoms.